The van der Waals surface area contributed by atoms with E-state index >= 15 is 0 Å². The smallest absolute Gasteiger partial charge is 0.231 e. The molecule has 0 N–H and O–H groups in total. The fourth-order valence-electron chi connectivity index (χ4n) is 1.05. The van der Waals surface area contributed by atoms with Crippen molar-refractivity contribution in [3.8, 4) is 0 Å². The minimum atomic E-state index is -4.53. The molecule has 0 bridgehead atoms. The van der Waals surface area contributed by atoms with E-state index in [1.807, 2.05) is 0 Å². The van der Waals surface area contributed by atoms with Gasteiger partial charge in [0.05, 0.1) is 11.0 Å². The van der Waals surface area contributed by atoms with Crippen LogP contribution in [0.4, 0.5) is 13.2 Å². The molecule has 9 heteroatoms. The van der Waals surface area contributed by atoms with Gasteiger partial charge in [0.1, 0.15) is 5.69 Å². The van der Waals surface area contributed by atoms with Gasteiger partial charge in [-0.3, -0.25) is 0 Å². The van der Waals surface area contributed by atoms with Gasteiger partial charge in [-0.25, -0.2) is 18.4 Å². The van der Waals surface area contributed by atoms with Gasteiger partial charge in [0.2, 0.25) is 0 Å². The lowest BCUT2D eigenvalue weighted by Gasteiger charge is -2.08. The monoisotopic (exact) mass is 314 g/mol. The van der Waals surface area contributed by atoms with E-state index in [1.165, 1.54) is 0 Å². The molecule has 0 aromatic carbocycles. The molecule has 0 atom stereocenters. The third kappa shape index (κ3) is 4.98. The molecule has 0 saturated carbocycles. The highest BCUT2D eigenvalue weighted by Crippen LogP contribution is 2.28. The number of hydrogen-bond acceptors (Lipinski definition) is 5. The first-order valence-corrected chi connectivity index (χ1v) is 8.07. The van der Waals surface area contributed by atoms with Crippen molar-refractivity contribution in [3.63, 3.8) is 0 Å². The maximum absolute atomic E-state index is 12.4. The number of nitrogens with zero attached hydrogens (tertiary/aromatic N) is 2. The van der Waals surface area contributed by atoms with Crippen LogP contribution in [0.2, 0.25) is 0 Å². The molecule has 0 spiro atoms. The second-order valence-electron chi connectivity index (χ2n) is 3.99. The van der Waals surface area contributed by atoms with E-state index in [1.54, 1.807) is 13.8 Å². The maximum Gasteiger partial charge on any atom is 0.433 e. The normalized spacial score (nSPS) is 12.9. The highest BCUT2D eigenvalue weighted by Gasteiger charge is 2.32. The van der Waals surface area contributed by atoms with Crippen molar-refractivity contribution in [2.75, 3.05) is 11.5 Å². The van der Waals surface area contributed by atoms with Crippen LogP contribution in [0.25, 0.3) is 0 Å². The van der Waals surface area contributed by atoms with E-state index in [0.717, 1.165) is 24.0 Å². The molecule has 0 saturated heterocycles. The van der Waals surface area contributed by atoms with Crippen LogP contribution in [0.3, 0.4) is 0 Å². The first-order chi connectivity index (χ1) is 8.63. The number of sulfone groups is 1. The Balaban J connectivity index is 2.65. The van der Waals surface area contributed by atoms with Crippen molar-refractivity contribution < 1.29 is 21.6 Å². The predicted octanol–water partition coefficient (Wildman–Crippen LogP) is 2.41. The zero-order valence-electron chi connectivity index (χ0n) is 10.3. The van der Waals surface area contributed by atoms with Gasteiger partial charge >= 0.3 is 6.18 Å². The quantitative estimate of drug-likeness (QED) is 0.617. The number of thioether (sulfide) groups is 1. The molecule has 1 aromatic rings. The fraction of sp³-hybridized carbons (Fsp3) is 0.600. The zero-order valence-corrected chi connectivity index (χ0v) is 11.9. The lowest BCUT2D eigenvalue weighted by Crippen LogP contribution is -2.19. The molecule has 0 unspecified atom stereocenters. The lowest BCUT2D eigenvalue weighted by atomic mass is 10.4. The number of hydrogen-bond donors (Lipinski definition) is 0. The van der Waals surface area contributed by atoms with Gasteiger partial charge in [-0.1, -0.05) is 11.8 Å². The summed E-state index contributed by atoms with van der Waals surface area (Å²) in [6.07, 6.45) is -3.52. The number of halogens is 3. The summed E-state index contributed by atoms with van der Waals surface area (Å²) in [6, 6.07) is 0.773. The first-order valence-electron chi connectivity index (χ1n) is 5.37. The van der Waals surface area contributed by atoms with Crippen LogP contribution in [0.5, 0.6) is 0 Å². The Morgan fingerprint density at radius 3 is 2.53 bits per heavy atom. The van der Waals surface area contributed by atoms with Gasteiger partial charge in [0.25, 0.3) is 0 Å². The minimum Gasteiger partial charge on any atom is -0.231 e. The Morgan fingerprint density at radius 2 is 2.00 bits per heavy atom. The predicted molar refractivity (Wildman–Crippen MR) is 66.7 cm³/mol. The maximum atomic E-state index is 12.4. The summed E-state index contributed by atoms with van der Waals surface area (Å²) in [6.45, 7) is 3.11. The molecule has 0 aliphatic carbocycles. The van der Waals surface area contributed by atoms with Gasteiger partial charge < -0.3 is 0 Å². The topological polar surface area (TPSA) is 59.9 Å². The van der Waals surface area contributed by atoms with E-state index in [2.05, 4.69) is 9.97 Å². The molecule has 108 valence electrons. The molecular formula is C10H13F3N2O2S2. The highest BCUT2D eigenvalue weighted by molar-refractivity contribution is 8.00. The molecule has 0 radical (unpaired) electrons. The van der Waals surface area contributed by atoms with Crippen LogP contribution in [-0.4, -0.2) is 35.1 Å². The first kappa shape index (κ1) is 16.2. The third-order valence-electron chi connectivity index (χ3n) is 2.24. The summed E-state index contributed by atoms with van der Waals surface area (Å²) < 4.78 is 60.2. The molecule has 1 heterocycles. The second kappa shape index (κ2) is 6.08. The molecule has 1 aromatic heterocycles. The minimum absolute atomic E-state index is 0.0752. The molecule has 1 rings (SSSR count). The van der Waals surface area contributed by atoms with Crippen molar-refractivity contribution in [3.05, 3.63) is 18.0 Å². The van der Waals surface area contributed by atoms with Crippen LogP contribution < -0.4 is 0 Å². The molecule has 0 aliphatic rings. The Morgan fingerprint density at radius 1 is 1.37 bits per heavy atom. The second-order valence-corrected chi connectivity index (χ2v) is 7.73. The SMILES string of the molecule is CC(C)S(=O)(=O)CCSc1nccc(C(F)(F)F)n1. The van der Waals surface area contributed by atoms with Gasteiger partial charge in [0, 0.05) is 11.9 Å². The van der Waals surface area contributed by atoms with Crippen molar-refractivity contribution >= 4 is 21.6 Å². The number of rotatable bonds is 5. The van der Waals surface area contributed by atoms with Crippen molar-refractivity contribution in [1.82, 2.24) is 9.97 Å². The summed E-state index contributed by atoms with van der Waals surface area (Å²) in [5, 5.41) is -0.579. The van der Waals surface area contributed by atoms with Gasteiger partial charge in [-0.15, -0.1) is 0 Å². The Labute approximate surface area is 113 Å². The summed E-state index contributed by atoms with van der Waals surface area (Å²) in [4.78, 5) is 7.01. The number of alkyl halides is 3. The van der Waals surface area contributed by atoms with Crippen LogP contribution in [0, 0.1) is 0 Å². The van der Waals surface area contributed by atoms with E-state index in [9.17, 15) is 21.6 Å². The summed E-state index contributed by atoms with van der Waals surface area (Å²) in [5.41, 5.74) is -1.03. The molecule has 0 aliphatic heterocycles. The van der Waals surface area contributed by atoms with Crippen molar-refractivity contribution in [2.45, 2.75) is 30.4 Å². The average Bonchev–Trinajstić information content (AvgIpc) is 2.28. The lowest BCUT2D eigenvalue weighted by molar-refractivity contribution is -0.141. The largest absolute Gasteiger partial charge is 0.433 e. The van der Waals surface area contributed by atoms with Gasteiger partial charge in [-0.2, -0.15) is 13.2 Å². The summed E-state index contributed by atoms with van der Waals surface area (Å²) in [7, 11) is -3.21. The molecule has 19 heavy (non-hydrogen) atoms. The molecule has 4 nitrogen and oxygen atoms in total. The summed E-state index contributed by atoms with van der Waals surface area (Å²) in [5.74, 6) is 0.0107. The zero-order chi connectivity index (χ0) is 14.7. The highest BCUT2D eigenvalue weighted by atomic mass is 32.2. The van der Waals surface area contributed by atoms with Crippen molar-refractivity contribution in [2.24, 2.45) is 0 Å². The molecular weight excluding hydrogens is 301 g/mol. The van der Waals surface area contributed by atoms with E-state index < -0.39 is 27.0 Å². The Bertz CT molecular complexity index is 530. The van der Waals surface area contributed by atoms with E-state index in [0.29, 0.717) is 0 Å². The van der Waals surface area contributed by atoms with Gasteiger partial charge in [0.15, 0.2) is 15.0 Å². The van der Waals surface area contributed by atoms with Crippen LogP contribution >= 0.6 is 11.8 Å². The third-order valence-corrected chi connectivity index (χ3v) is 5.57. The fourth-order valence-corrected chi connectivity index (χ4v) is 3.27. The Hall–Kier alpha value is -0.830. The Kier molecular flexibility index (Phi) is 5.19. The van der Waals surface area contributed by atoms with Gasteiger partial charge in [-0.05, 0) is 19.9 Å². The van der Waals surface area contributed by atoms with E-state index in [4.69, 9.17) is 0 Å². The molecule has 0 amide bonds. The van der Waals surface area contributed by atoms with Crippen LogP contribution in [-0.2, 0) is 16.0 Å². The van der Waals surface area contributed by atoms with E-state index in [-0.39, 0.29) is 16.7 Å². The average molecular weight is 314 g/mol. The number of aromatic nitrogens is 2. The van der Waals surface area contributed by atoms with Crippen LogP contribution in [0.1, 0.15) is 19.5 Å². The molecule has 0 fully saturated rings. The standard InChI is InChI=1S/C10H13F3N2O2S2/c1-7(2)19(16,17)6-5-18-9-14-4-3-8(15-9)10(11,12)13/h3-4,7H,5-6H2,1-2H3. The summed E-state index contributed by atoms with van der Waals surface area (Å²) >= 11 is 0.894. The van der Waals surface area contributed by atoms with Crippen molar-refractivity contribution in [1.29, 1.82) is 0 Å². The van der Waals surface area contributed by atoms with Crippen LogP contribution in [0.15, 0.2) is 17.4 Å².